The van der Waals surface area contributed by atoms with Gasteiger partial charge >= 0.3 is 11.9 Å². The minimum absolute atomic E-state index is 0.233. The quantitative estimate of drug-likeness (QED) is 0.0549. The van der Waals surface area contributed by atoms with Crippen LogP contribution in [0.15, 0.2) is 180 Å². The molecule has 10 nitrogen and oxygen atoms in total. The van der Waals surface area contributed by atoms with E-state index in [4.69, 9.17) is 0 Å². The molecule has 7 aromatic carbocycles. The summed E-state index contributed by atoms with van der Waals surface area (Å²) in [7, 11) is -7.34. The van der Waals surface area contributed by atoms with Gasteiger partial charge in [-0.2, -0.15) is 0 Å². The lowest BCUT2D eigenvalue weighted by Crippen LogP contribution is -2.14. The Balaban J connectivity index is 0.000000214. The fourth-order valence-electron chi connectivity index (χ4n) is 7.53. The Bertz CT molecular complexity index is 2900. The van der Waals surface area contributed by atoms with Gasteiger partial charge in [0.1, 0.15) is 0 Å². The number of aryl methyl sites for hydroxylation is 4. The second kappa shape index (κ2) is 22.5. The molecule has 64 heavy (non-hydrogen) atoms. The number of sulfonamides is 2. The molecule has 330 valence electrons. The molecule has 0 fully saturated rings. The van der Waals surface area contributed by atoms with Gasteiger partial charge in [-0.15, -0.1) is 0 Å². The van der Waals surface area contributed by atoms with Gasteiger partial charge in [0.25, 0.3) is 20.0 Å². The summed E-state index contributed by atoms with van der Waals surface area (Å²) in [5.41, 5.74) is 5.49. The van der Waals surface area contributed by atoms with E-state index in [0.29, 0.717) is 35.3 Å². The van der Waals surface area contributed by atoms with Crippen molar-refractivity contribution in [3.05, 3.63) is 203 Å². The van der Waals surface area contributed by atoms with Crippen molar-refractivity contribution in [2.75, 3.05) is 9.44 Å². The van der Waals surface area contributed by atoms with Gasteiger partial charge in [0.15, 0.2) is 0 Å². The van der Waals surface area contributed by atoms with Gasteiger partial charge in [-0.1, -0.05) is 134 Å². The molecule has 7 rings (SSSR count). The van der Waals surface area contributed by atoms with Gasteiger partial charge in [-0.05, 0) is 133 Å². The van der Waals surface area contributed by atoms with Crippen molar-refractivity contribution in [3.63, 3.8) is 0 Å². The third-order valence-electron chi connectivity index (χ3n) is 10.9. The Labute approximate surface area is 375 Å². The summed E-state index contributed by atoms with van der Waals surface area (Å²) in [6.45, 7) is 0. The van der Waals surface area contributed by atoms with E-state index in [1.807, 2.05) is 91.0 Å². The van der Waals surface area contributed by atoms with Crippen molar-refractivity contribution in [2.24, 2.45) is 0 Å². The molecule has 0 bridgehead atoms. The molecule has 0 atom stereocenters. The van der Waals surface area contributed by atoms with Crippen molar-refractivity contribution < 1.29 is 36.6 Å². The summed E-state index contributed by atoms with van der Waals surface area (Å²) in [5, 5.41) is 20.5. The highest BCUT2D eigenvalue weighted by Crippen LogP contribution is 2.26. The summed E-state index contributed by atoms with van der Waals surface area (Å²) < 4.78 is 56.8. The second-order valence-corrected chi connectivity index (χ2v) is 18.8. The Kier molecular flexibility index (Phi) is 16.5. The topological polar surface area (TPSA) is 167 Å². The van der Waals surface area contributed by atoms with Gasteiger partial charge in [-0.25, -0.2) is 26.4 Å². The minimum Gasteiger partial charge on any atom is -0.478 e. The highest BCUT2D eigenvalue weighted by Gasteiger charge is 2.18. The largest absolute Gasteiger partial charge is 0.478 e. The van der Waals surface area contributed by atoms with Crippen molar-refractivity contribution >= 4 is 54.1 Å². The van der Waals surface area contributed by atoms with Crippen LogP contribution in [0.3, 0.4) is 0 Å². The van der Waals surface area contributed by atoms with E-state index in [1.165, 1.54) is 0 Å². The summed E-state index contributed by atoms with van der Waals surface area (Å²) in [6, 6.07) is 50.2. The number of aromatic carboxylic acids is 2. The van der Waals surface area contributed by atoms with Gasteiger partial charge < -0.3 is 10.2 Å². The summed E-state index contributed by atoms with van der Waals surface area (Å²) in [6.07, 6.45) is 8.25. The van der Waals surface area contributed by atoms with Gasteiger partial charge in [0.2, 0.25) is 0 Å². The monoisotopic (exact) mass is 896 g/mol. The smallest absolute Gasteiger partial charge is 0.335 e. The Morgan fingerprint density at radius 3 is 1.23 bits per heavy atom. The van der Waals surface area contributed by atoms with Gasteiger partial charge in [0.05, 0.1) is 32.3 Å². The first-order chi connectivity index (χ1) is 30.9. The molecule has 0 amide bonds. The molecule has 0 saturated carbocycles. The molecule has 0 spiro atoms. The molecule has 0 radical (unpaired) electrons. The minimum atomic E-state index is -3.72. The van der Waals surface area contributed by atoms with Crippen LogP contribution in [0.1, 0.15) is 81.5 Å². The molecular weight excluding hydrogens is 845 g/mol. The maximum Gasteiger partial charge on any atom is 0.335 e. The molecule has 12 heteroatoms. The highest BCUT2D eigenvalue weighted by molar-refractivity contribution is 7.93. The second-order valence-electron chi connectivity index (χ2n) is 15.4. The first-order valence-electron chi connectivity index (χ1n) is 21.3. The molecular formula is C52H52N2O8S2. The third-order valence-corrected chi connectivity index (χ3v) is 13.6. The van der Waals surface area contributed by atoms with Crippen LogP contribution in [0.4, 0.5) is 11.4 Å². The molecule has 0 aliphatic heterocycles. The number of para-hydroxylation sites is 2. The number of anilines is 2. The van der Waals surface area contributed by atoms with Crippen LogP contribution in [-0.4, -0.2) is 39.0 Å². The maximum atomic E-state index is 13.1. The SMILES string of the molecule is O=C(O)c1ccccc1CCCCCc1ccccc1NS(=O)(=O)c1ccc2ccccc2c1.O=C(O)c1ccccc1CCCCCc1ccccc1NS(=O)(=O)c1ccccc1. The van der Waals surface area contributed by atoms with E-state index >= 15 is 0 Å². The standard InChI is InChI=1S/C28H27NO4S.C24H25NO4S/c30-28(31)26-16-8-6-12-22(26)11-2-1-3-13-23-14-7-9-17-27(23)29-34(32,33)25-19-18-21-10-4-5-15-24(21)20-25;26-24(27)22-17-9-7-12-19(22)11-3-1-4-13-20-14-8-10-18-23(20)25-30(28,29)21-15-5-2-6-16-21/h4-10,12,14-20,29H,1-3,11,13H2,(H,30,31);2,5-10,12,14-18,25H,1,3-4,11,13H2,(H,26,27). The number of unbranched alkanes of at least 4 members (excludes halogenated alkanes) is 4. The molecule has 4 N–H and O–H groups in total. The van der Waals surface area contributed by atoms with Crippen molar-refractivity contribution in [1.82, 2.24) is 0 Å². The number of hydrogen-bond acceptors (Lipinski definition) is 6. The zero-order valence-electron chi connectivity index (χ0n) is 35.4. The normalized spacial score (nSPS) is 11.3. The van der Waals surface area contributed by atoms with Crippen molar-refractivity contribution in [2.45, 2.75) is 74.0 Å². The summed E-state index contributed by atoms with van der Waals surface area (Å²) in [5.74, 6) is -1.80. The number of benzene rings is 7. The fraction of sp³-hybridized carbons (Fsp3) is 0.192. The van der Waals surface area contributed by atoms with Crippen LogP contribution >= 0.6 is 0 Å². The van der Waals surface area contributed by atoms with Crippen LogP contribution in [0.25, 0.3) is 10.8 Å². The Morgan fingerprint density at radius 1 is 0.375 bits per heavy atom. The average molecular weight is 897 g/mol. The molecule has 0 aromatic heterocycles. The zero-order valence-corrected chi connectivity index (χ0v) is 37.0. The van der Waals surface area contributed by atoms with Crippen molar-refractivity contribution in [1.29, 1.82) is 0 Å². The Hall–Kier alpha value is -6.76. The fourth-order valence-corrected chi connectivity index (χ4v) is 9.78. The van der Waals surface area contributed by atoms with Gasteiger partial charge in [0, 0.05) is 0 Å². The lowest BCUT2D eigenvalue weighted by molar-refractivity contribution is 0.0684. The molecule has 0 unspecified atom stereocenters. The predicted octanol–water partition coefficient (Wildman–Crippen LogP) is 11.4. The van der Waals surface area contributed by atoms with E-state index < -0.39 is 32.0 Å². The van der Waals surface area contributed by atoms with E-state index in [2.05, 4.69) is 9.44 Å². The Morgan fingerprint density at radius 2 is 0.750 bits per heavy atom. The number of rotatable bonds is 20. The van der Waals surface area contributed by atoms with Crippen LogP contribution in [-0.2, 0) is 45.7 Å². The van der Waals surface area contributed by atoms with E-state index in [0.717, 1.165) is 84.4 Å². The molecule has 0 aliphatic carbocycles. The van der Waals surface area contributed by atoms with Crippen LogP contribution < -0.4 is 9.44 Å². The average Bonchev–Trinajstić information content (AvgIpc) is 3.30. The number of carboxylic acids is 2. The number of carboxylic acid groups (broad SMARTS) is 2. The summed E-state index contributed by atoms with van der Waals surface area (Å²) in [4.78, 5) is 23.1. The first kappa shape index (κ1) is 46.7. The summed E-state index contributed by atoms with van der Waals surface area (Å²) >= 11 is 0. The first-order valence-corrected chi connectivity index (χ1v) is 24.3. The zero-order chi connectivity index (χ0) is 45.4. The van der Waals surface area contributed by atoms with Crippen LogP contribution in [0.2, 0.25) is 0 Å². The molecule has 0 heterocycles. The van der Waals surface area contributed by atoms with E-state index in [1.54, 1.807) is 78.9 Å². The number of fused-ring (bicyclic) bond motifs is 1. The number of nitrogens with one attached hydrogen (secondary N) is 2. The van der Waals surface area contributed by atoms with E-state index in [-0.39, 0.29) is 9.79 Å². The molecule has 0 saturated heterocycles. The maximum absolute atomic E-state index is 13.1. The predicted molar refractivity (Wildman–Crippen MR) is 254 cm³/mol. The highest BCUT2D eigenvalue weighted by atomic mass is 32.2. The molecule has 0 aliphatic rings. The van der Waals surface area contributed by atoms with E-state index in [9.17, 15) is 36.6 Å². The lowest BCUT2D eigenvalue weighted by atomic mass is 9.99. The van der Waals surface area contributed by atoms with Gasteiger partial charge in [-0.3, -0.25) is 9.44 Å². The van der Waals surface area contributed by atoms with Crippen LogP contribution in [0.5, 0.6) is 0 Å². The number of carbonyl (C=O) groups is 2. The van der Waals surface area contributed by atoms with Crippen LogP contribution in [0, 0.1) is 0 Å². The van der Waals surface area contributed by atoms with Crippen molar-refractivity contribution in [3.8, 4) is 0 Å². The number of hydrogen-bond donors (Lipinski definition) is 4. The molecule has 7 aromatic rings. The third kappa shape index (κ3) is 13.1. The lowest BCUT2D eigenvalue weighted by Gasteiger charge is -2.13.